The molecule has 3 heteroatoms. The third-order valence-electron chi connectivity index (χ3n) is 4.36. The molecule has 1 rings (SSSR count). The summed E-state index contributed by atoms with van der Waals surface area (Å²) in [5, 5.41) is 0. The molecule has 1 atom stereocenters. The van der Waals surface area contributed by atoms with Crippen LogP contribution in [0, 0.1) is 5.92 Å². The Morgan fingerprint density at radius 2 is 1.78 bits per heavy atom. The van der Waals surface area contributed by atoms with Gasteiger partial charge in [-0.1, -0.05) is 32.1 Å². The number of hydrogen-bond acceptors (Lipinski definition) is 3. The minimum Gasteiger partial charge on any atom is -0.329 e. The first-order chi connectivity index (χ1) is 8.79. The molecule has 0 aromatic rings. The second-order valence-electron chi connectivity index (χ2n) is 5.74. The molecule has 1 saturated carbocycles. The molecule has 2 nitrogen and oxygen atoms in total. The zero-order valence-electron chi connectivity index (χ0n) is 12.4. The van der Waals surface area contributed by atoms with Crippen molar-refractivity contribution in [3.8, 4) is 0 Å². The lowest BCUT2D eigenvalue weighted by Crippen LogP contribution is -2.44. The quantitative estimate of drug-likeness (QED) is 0.721. The van der Waals surface area contributed by atoms with Gasteiger partial charge < -0.3 is 10.6 Å². The minimum absolute atomic E-state index is 0.616. The maximum absolute atomic E-state index is 6.05. The molecule has 1 unspecified atom stereocenters. The molecule has 0 aromatic heterocycles. The first-order valence-corrected chi connectivity index (χ1v) is 9.08. The number of rotatable bonds is 7. The molecular formula is C15H32N2S. The van der Waals surface area contributed by atoms with Crippen molar-refractivity contribution in [1.29, 1.82) is 0 Å². The Kier molecular flexibility index (Phi) is 9.16. The van der Waals surface area contributed by atoms with Crippen molar-refractivity contribution in [2.75, 3.05) is 32.1 Å². The van der Waals surface area contributed by atoms with Gasteiger partial charge in [-0.15, -0.1) is 0 Å². The molecule has 18 heavy (non-hydrogen) atoms. The third-order valence-corrected chi connectivity index (χ3v) is 5.06. The van der Waals surface area contributed by atoms with Gasteiger partial charge in [0.05, 0.1) is 0 Å². The molecule has 1 aliphatic carbocycles. The summed E-state index contributed by atoms with van der Waals surface area (Å²) in [6.45, 7) is 2.04. The number of likely N-dealkylation sites (N-methyl/N-ethyl adjacent to an activating group) is 1. The fourth-order valence-electron chi connectivity index (χ4n) is 3.23. The summed E-state index contributed by atoms with van der Waals surface area (Å²) < 4.78 is 0. The molecule has 0 heterocycles. The van der Waals surface area contributed by atoms with Crippen LogP contribution in [0.5, 0.6) is 0 Å². The van der Waals surface area contributed by atoms with Crippen LogP contribution in [0.3, 0.4) is 0 Å². The van der Waals surface area contributed by atoms with E-state index in [1.54, 1.807) is 0 Å². The fourth-order valence-corrected chi connectivity index (χ4v) is 3.65. The van der Waals surface area contributed by atoms with Gasteiger partial charge in [-0.05, 0) is 50.8 Å². The van der Waals surface area contributed by atoms with Gasteiger partial charge in [-0.3, -0.25) is 0 Å². The van der Waals surface area contributed by atoms with Crippen molar-refractivity contribution >= 4 is 11.8 Å². The van der Waals surface area contributed by atoms with Crippen molar-refractivity contribution < 1.29 is 0 Å². The Morgan fingerprint density at radius 1 is 1.17 bits per heavy atom. The average Bonchev–Trinajstić information content (AvgIpc) is 2.32. The van der Waals surface area contributed by atoms with Crippen LogP contribution in [-0.4, -0.2) is 43.1 Å². The van der Waals surface area contributed by atoms with E-state index in [-0.39, 0.29) is 0 Å². The zero-order chi connectivity index (χ0) is 13.2. The van der Waals surface area contributed by atoms with Crippen LogP contribution >= 0.6 is 11.8 Å². The molecule has 0 spiro atoms. The van der Waals surface area contributed by atoms with E-state index in [1.165, 1.54) is 63.7 Å². The lowest BCUT2D eigenvalue weighted by molar-refractivity contribution is 0.157. The summed E-state index contributed by atoms with van der Waals surface area (Å²) in [5.41, 5.74) is 6.05. The number of thioether (sulfide) groups is 1. The summed E-state index contributed by atoms with van der Waals surface area (Å²) in [4.78, 5) is 2.53. The van der Waals surface area contributed by atoms with Gasteiger partial charge in [-0.2, -0.15) is 11.8 Å². The molecule has 0 bridgehead atoms. The Hall–Kier alpha value is 0.270. The van der Waals surface area contributed by atoms with Gasteiger partial charge in [-0.25, -0.2) is 0 Å². The number of nitrogens with zero attached hydrogens (tertiary/aromatic N) is 1. The molecule has 0 aromatic carbocycles. The van der Waals surface area contributed by atoms with E-state index in [1.807, 2.05) is 11.8 Å². The Morgan fingerprint density at radius 3 is 2.33 bits per heavy atom. The van der Waals surface area contributed by atoms with Crippen molar-refractivity contribution in [3.05, 3.63) is 0 Å². The van der Waals surface area contributed by atoms with Crippen LogP contribution in [0.4, 0.5) is 0 Å². The van der Waals surface area contributed by atoms with E-state index < -0.39 is 0 Å². The van der Waals surface area contributed by atoms with E-state index in [0.717, 1.165) is 12.5 Å². The Labute approximate surface area is 118 Å². The van der Waals surface area contributed by atoms with Crippen LogP contribution in [0.25, 0.3) is 0 Å². The van der Waals surface area contributed by atoms with Crippen molar-refractivity contribution in [2.45, 2.75) is 57.4 Å². The molecule has 0 saturated heterocycles. The maximum Gasteiger partial charge on any atom is 0.0243 e. The van der Waals surface area contributed by atoms with Gasteiger partial charge in [0.25, 0.3) is 0 Å². The lowest BCUT2D eigenvalue weighted by Gasteiger charge is -2.35. The van der Waals surface area contributed by atoms with Gasteiger partial charge in [0.1, 0.15) is 0 Å². The van der Waals surface area contributed by atoms with Crippen LogP contribution in [0.1, 0.15) is 51.4 Å². The predicted octanol–water partition coefficient (Wildman–Crippen LogP) is 3.36. The number of hydrogen-bond donors (Lipinski definition) is 1. The highest BCUT2D eigenvalue weighted by Crippen LogP contribution is 2.26. The highest BCUT2D eigenvalue weighted by molar-refractivity contribution is 7.98. The van der Waals surface area contributed by atoms with Crippen LogP contribution in [-0.2, 0) is 0 Å². The molecule has 108 valence electrons. The zero-order valence-corrected chi connectivity index (χ0v) is 13.2. The molecule has 0 amide bonds. The van der Waals surface area contributed by atoms with Crippen molar-refractivity contribution in [3.63, 3.8) is 0 Å². The topological polar surface area (TPSA) is 29.3 Å². The molecule has 1 aliphatic rings. The largest absolute Gasteiger partial charge is 0.329 e. The maximum atomic E-state index is 6.05. The Balaban J connectivity index is 2.40. The highest BCUT2D eigenvalue weighted by Gasteiger charge is 2.24. The summed E-state index contributed by atoms with van der Waals surface area (Å²) in [7, 11) is 2.27. The van der Waals surface area contributed by atoms with E-state index in [0.29, 0.717) is 6.04 Å². The van der Waals surface area contributed by atoms with E-state index in [4.69, 9.17) is 5.73 Å². The SMILES string of the molecule is CSCCCN(C)C(CN)C1CCCCCCC1. The molecular weight excluding hydrogens is 240 g/mol. The lowest BCUT2D eigenvalue weighted by atomic mass is 9.85. The summed E-state index contributed by atoms with van der Waals surface area (Å²) in [6, 6.07) is 0.616. The fraction of sp³-hybridized carbons (Fsp3) is 1.00. The van der Waals surface area contributed by atoms with Crippen molar-refractivity contribution in [2.24, 2.45) is 11.7 Å². The first kappa shape index (κ1) is 16.3. The second-order valence-corrected chi connectivity index (χ2v) is 6.72. The second kappa shape index (κ2) is 10.1. The van der Waals surface area contributed by atoms with E-state index >= 15 is 0 Å². The van der Waals surface area contributed by atoms with Crippen molar-refractivity contribution in [1.82, 2.24) is 4.90 Å². The summed E-state index contributed by atoms with van der Waals surface area (Å²) in [5.74, 6) is 2.11. The predicted molar refractivity (Wildman–Crippen MR) is 84.3 cm³/mol. The average molecular weight is 273 g/mol. The van der Waals surface area contributed by atoms with Gasteiger partial charge in [0, 0.05) is 12.6 Å². The highest BCUT2D eigenvalue weighted by atomic mass is 32.2. The molecule has 2 N–H and O–H groups in total. The first-order valence-electron chi connectivity index (χ1n) is 7.68. The Bertz CT molecular complexity index is 191. The van der Waals surface area contributed by atoms with Gasteiger partial charge >= 0.3 is 0 Å². The standard InChI is InChI=1S/C15H32N2S/c1-17(11-8-12-18-2)15(13-16)14-9-6-4-3-5-7-10-14/h14-15H,3-13,16H2,1-2H3. The molecule has 1 fully saturated rings. The van der Waals surface area contributed by atoms with Gasteiger partial charge in [0.2, 0.25) is 0 Å². The summed E-state index contributed by atoms with van der Waals surface area (Å²) >= 11 is 1.95. The molecule has 0 radical (unpaired) electrons. The van der Waals surface area contributed by atoms with Crippen LogP contribution < -0.4 is 5.73 Å². The summed E-state index contributed by atoms with van der Waals surface area (Å²) in [6.07, 6.45) is 13.4. The minimum atomic E-state index is 0.616. The van der Waals surface area contributed by atoms with Gasteiger partial charge in [0.15, 0.2) is 0 Å². The monoisotopic (exact) mass is 272 g/mol. The number of nitrogens with two attached hydrogens (primary N) is 1. The van der Waals surface area contributed by atoms with E-state index in [9.17, 15) is 0 Å². The molecule has 0 aliphatic heterocycles. The van der Waals surface area contributed by atoms with E-state index in [2.05, 4.69) is 18.2 Å². The third kappa shape index (κ3) is 5.94. The van der Waals surface area contributed by atoms with Crippen LogP contribution in [0.15, 0.2) is 0 Å². The smallest absolute Gasteiger partial charge is 0.0243 e. The normalized spacial score (nSPS) is 20.7. The van der Waals surface area contributed by atoms with Crippen LogP contribution in [0.2, 0.25) is 0 Å².